The number of nitrogens with zero attached hydrogens (tertiary/aromatic N) is 3. The molecule has 8 nitrogen and oxygen atoms in total. The highest BCUT2D eigenvalue weighted by atomic mass is 16.6. The van der Waals surface area contributed by atoms with Gasteiger partial charge in [0.25, 0.3) is 5.69 Å². The van der Waals surface area contributed by atoms with Crippen LogP contribution in [0.15, 0.2) is 60.6 Å². The van der Waals surface area contributed by atoms with Crippen molar-refractivity contribution in [3.63, 3.8) is 0 Å². The number of ketones is 1. The van der Waals surface area contributed by atoms with Crippen LogP contribution in [0.5, 0.6) is 11.5 Å². The number of carbonyl (C=O) groups is 1. The van der Waals surface area contributed by atoms with E-state index in [-0.39, 0.29) is 17.2 Å². The summed E-state index contributed by atoms with van der Waals surface area (Å²) in [5.41, 5.74) is 3.73. The average Bonchev–Trinajstić information content (AvgIpc) is 3.10. The van der Waals surface area contributed by atoms with Crippen molar-refractivity contribution in [2.45, 2.75) is 20.0 Å². The molecule has 0 saturated heterocycles. The number of Topliss-reactive ketones (excluding diaryl/α,β-unsaturated/α-hetero) is 1. The van der Waals surface area contributed by atoms with Gasteiger partial charge in [-0.2, -0.15) is 0 Å². The third kappa shape index (κ3) is 3.61. The van der Waals surface area contributed by atoms with Crippen molar-refractivity contribution < 1.29 is 19.2 Å². The Kier molecular flexibility index (Phi) is 4.91. The Labute approximate surface area is 183 Å². The number of nitro benzene ring substituents is 1. The second kappa shape index (κ2) is 7.90. The van der Waals surface area contributed by atoms with Crippen molar-refractivity contribution in [3.05, 3.63) is 98.5 Å². The molecule has 0 N–H and O–H groups in total. The molecule has 0 saturated carbocycles. The van der Waals surface area contributed by atoms with Crippen LogP contribution in [0, 0.1) is 17.0 Å². The number of allylic oxidation sites excluding steroid dienone is 1. The van der Waals surface area contributed by atoms with Gasteiger partial charge in [-0.25, -0.2) is 0 Å². The molecule has 2 aliphatic heterocycles. The highest BCUT2D eigenvalue weighted by Gasteiger charge is 2.33. The molecule has 8 heteroatoms. The van der Waals surface area contributed by atoms with E-state index in [1.54, 1.807) is 18.3 Å². The summed E-state index contributed by atoms with van der Waals surface area (Å²) < 4.78 is 11.9. The molecule has 2 aliphatic rings. The maximum absolute atomic E-state index is 13.0. The summed E-state index contributed by atoms with van der Waals surface area (Å²) in [6.07, 6.45) is 5.09. The standard InChI is InChI=1S/C24H19N3O5/c1-15-23-18(13-26(14-31-23)12-17-5-3-7-25-11-17)10-20-22(28)21(32-24(15)20)9-16-4-2-6-19(8-16)27(29)30/h2-11H,12-14H2,1H3/b21-9-. The lowest BCUT2D eigenvalue weighted by molar-refractivity contribution is -0.384. The lowest BCUT2D eigenvalue weighted by atomic mass is 10.00. The van der Waals surface area contributed by atoms with Crippen molar-refractivity contribution in [3.8, 4) is 11.5 Å². The highest BCUT2D eigenvalue weighted by Crippen LogP contribution is 2.43. The molecule has 3 heterocycles. The Bertz CT molecular complexity index is 1270. The molecule has 5 rings (SSSR count). The number of benzene rings is 2. The summed E-state index contributed by atoms with van der Waals surface area (Å²) in [6.45, 7) is 3.62. The van der Waals surface area contributed by atoms with Crippen LogP contribution < -0.4 is 9.47 Å². The van der Waals surface area contributed by atoms with Crippen LogP contribution in [-0.2, 0) is 13.1 Å². The number of aromatic nitrogens is 1. The van der Waals surface area contributed by atoms with Gasteiger partial charge in [0.15, 0.2) is 5.76 Å². The molecule has 160 valence electrons. The summed E-state index contributed by atoms with van der Waals surface area (Å²) in [6, 6.07) is 11.8. The lowest BCUT2D eigenvalue weighted by Gasteiger charge is -2.30. The zero-order valence-corrected chi connectivity index (χ0v) is 17.3. The minimum absolute atomic E-state index is 0.0453. The number of non-ortho nitro benzene ring substituents is 1. The van der Waals surface area contributed by atoms with E-state index in [4.69, 9.17) is 9.47 Å². The number of carbonyl (C=O) groups excluding carboxylic acids is 1. The van der Waals surface area contributed by atoms with Crippen LogP contribution in [0.3, 0.4) is 0 Å². The number of nitro groups is 1. The maximum Gasteiger partial charge on any atom is 0.270 e. The Morgan fingerprint density at radius 2 is 2.09 bits per heavy atom. The van der Waals surface area contributed by atoms with Crippen LogP contribution >= 0.6 is 0 Å². The molecular weight excluding hydrogens is 410 g/mol. The molecule has 1 aromatic heterocycles. The molecule has 0 unspecified atom stereocenters. The van der Waals surface area contributed by atoms with E-state index < -0.39 is 4.92 Å². The van der Waals surface area contributed by atoms with Gasteiger partial charge >= 0.3 is 0 Å². The largest absolute Gasteiger partial charge is 0.477 e. The first kappa shape index (κ1) is 19.9. The van der Waals surface area contributed by atoms with Gasteiger partial charge in [-0.3, -0.25) is 24.8 Å². The van der Waals surface area contributed by atoms with Gasteiger partial charge in [0.1, 0.15) is 18.2 Å². The van der Waals surface area contributed by atoms with Gasteiger partial charge in [-0.05, 0) is 36.3 Å². The number of hydrogen-bond donors (Lipinski definition) is 0. The minimum atomic E-state index is -0.471. The van der Waals surface area contributed by atoms with Crippen molar-refractivity contribution >= 4 is 17.5 Å². The molecule has 32 heavy (non-hydrogen) atoms. The van der Waals surface area contributed by atoms with Gasteiger partial charge in [0.05, 0.1) is 10.5 Å². The Morgan fingerprint density at radius 3 is 2.88 bits per heavy atom. The third-order valence-corrected chi connectivity index (χ3v) is 5.51. The number of hydrogen-bond acceptors (Lipinski definition) is 7. The van der Waals surface area contributed by atoms with E-state index >= 15 is 0 Å². The van der Waals surface area contributed by atoms with E-state index in [1.807, 2.05) is 31.3 Å². The summed E-state index contributed by atoms with van der Waals surface area (Å²) in [5, 5.41) is 11.0. The molecular formula is C24H19N3O5. The number of ether oxygens (including phenoxy) is 2. The average molecular weight is 429 g/mol. The van der Waals surface area contributed by atoms with Crippen molar-refractivity contribution in [1.82, 2.24) is 9.88 Å². The molecule has 0 spiro atoms. The molecule has 0 aliphatic carbocycles. The number of fused-ring (bicyclic) bond motifs is 2. The Morgan fingerprint density at radius 1 is 1.22 bits per heavy atom. The van der Waals surface area contributed by atoms with E-state index in [1.165, 1.54) is 18.2 Å². The van der Waals surface area contributed by atoms with Crippen LogP contribution in [0.1, 0.15) is 32.6 Å². The predicted molar refractivity (Wildman–Crippen MR) is 116 cm³/mol. The lowest BCUT2D eigenvalue weighted by Crippen LogP contribution is -2.32. The molecule has 0 fully saturated rings. The Hall–Kier alpha value is -4.04. The zero-order valence-electron chi connectivity index (χ0n) is 17.3. The summed E-state index contributed by atoms with van der Waals surface area (Å²) in [5.74, 6) is 1.10. The molecule has 0 amide bonds. The summed E-state index contributed by atoms with van der Waals surface area (Å²) >= 11 is 0. The zero-order chi connectivity index (χ0) is 22.2. The first-order chi connectivity index (χ1) is 15.5. The molecule has 3 aromatic rings. The van der Waals surface area contributed by atoms with Crippen LogP contribution in [-0.4, -0.2) is 27.3 Å². The number of rotatable bonds is 4. The minimum Gasteiger partial charge on any atom is -0.477 e. The summed E-state index contributed by atoms with van der Waals surface area (Å²) in [4.78, 5) is 29.9. The molecule has 0 radical (unpaired) electrons. The number of pyridine rings is 1. The SMILES string of the molecule is Cc1c2c(cc3c1O/C(=C\c1cccc([N+](=O)[O-])c1)C3=O)CN(Cc1cccnc1)CO2. The second-order valence-electron chi connectivity index (χ2n) is 7.78. The van der Waals surface area contributed by atoms with Crippen molar-refractivity contribution in [1.29, 1.82) is 0 Å². The first-order valence-electron chi connectivity index (χ1n) is 10.1. The highest BCUT2D eigenvalue weighted by molar-refractivity contribution is 6.15. The fraction of sp³-hybridized carbons (Fsp3) is 0.167. The van der Waals surface area contributed by atoms with E-state index in [9.17, 15) is 14.9 Å². The third-order valence-electron chi connectivity index (χ3n) is 5.51. The molecule has 2 aromatic carbocycles. The van der Waals surface area contributed by atoms with Crippen LogP contribution in [0.2, 0.25) is 0 Å². The van der Waals surface area contributed by atoms with Gasteiger partial charge in [-0.1, -0.05) is 18.2 Å². The van der Waals surface area contributed by atoms with Crippen molar-refractivity contribution in [2.75, 3.05) is 6.73 Å². The van der Waals surface area contributed by atoms with Crippen LogP contribution in [0.25, 0.3) is 6.08 Å². The normalized spacial score (nSPS) is 16.3. The van der Waals surface area contributed by atoms with E-state index in [0.29, 0.717) is 36.7 Å². The second-order valence-corrected chi connectivity index (χ2v) is 7.78. The maximum atomic E-state index is 13.0. The molecule has 0 atom stereocenters. The quantitative estimate of drug-likeness (QED) is 0.347. The monoisotopic (exact) mass is 429 g/mol. The van der Waals surface area contributed by atoms with E-state index in [0.717, 1.165) is 22.4 Å². The fourth-order valence-corrected chi connectivity index (χ4v) is 4.03. The molecule has 0 bridgehead atoms. The van der Waals surface area contributed by atoms with Gasteiger partial charge < -0.3 is 9.47 Å². The first-order valence-corrected chi connectivity index (χ1v) is 10.1. The topological polar surface area (TPSA) is 94.8 Å². The van der Waals surface area contributed by atoms with Gasteiger partial charge in [-0.15, -0.1) is 0 Å². The fourth-order valence-electron chi connectivity index (χ4n) is 4.03. The van der Waals surface area contributed by atoms with Gasteiger partial charge in [0, 0.05) is 48.7 Å². The smallest absolute Gasteiger partial charge is 0.270 e. The van der Waals surface area contributed by atoms with Gasteiger partial charge in [0.2, 0.25) is 5.78 Å². The predicted octanol–water partition coefficient (Wildman–Crippen LogP) is 4.27. The van der Waals surface area contributed by atoms with E-state index in [2.05, 4.69) is 9.88 Å². The van der Waals surface area contributed by atoms with Crippen LogP contribution in [0.4, 0.5) is 5.69 Å². The summed E-state index contributed by atoms with van der Waals surface area (Å²) in [7, 11) is 0. The van der Waals surface area contributed by atoms with Crippen molar-refractivity contribution in [2.24, 2.45) is 0 Å². The Balaban J connectivity index is 1.43.